The Morgan fingerprint density at radius 1 is 0.485 bits per heavy atom. The number of aliphatic hydroxyl groups is 4. The van der Waals surface area contributed by atoms with Gasteiger partial charge in [-0.05, 0) is 96.3 Å². The minimum atomic E-state index is -1.55. The lowest BCUT2D eigenvalue weighted by molar-refractivity contribution is -0.305. The third kappa shape index (κ3) is 38.9. The van der Waals surface area contributed by atoms with E-state index in [0.29, 0.717) is 13.0 Å². The largest absolute Gasteiger partial charge is 0.457 e. The second kappa shape index (κ2) is 49.1. The highest BCUT2D eigenvalue weighted by Gasteiger charge is 2.44. The average Bonchev–Trinajstić information content (AvgIpc) is 3.34. The smallest absolute Gasteiger partial charge is 0.306 e. The Kier molecular flexibility index (Phi) is 45.6. The van der Waals surface area contributed by atoms with Crippen LogP contribution >= 0.6 is 0 Å². The third-order valence-electron chi connectivity index (χ3n) is 12.0. The summed E-state index contributed by atoms with van der Waals surface area (Å²) in [7, 11) is 0. The van der Waals surface area contributed by atoms with Crippen LogP contribution < -0.4 is 0 Å². The molecule has 6 unspecified atom stereocenters. The van der Waals surface area contributed by atoms with Crippen molar-refractivity contribution in [3.05, 3.63) is 97.2 Å². The first-order valence-corrected chi connectivity index (χ1v) is 27.3. The minimum Gasteiger partial charge on any atom is -0.457 e. The summed E-state index contributed by atoms with van der Waals surface area (Å²) in [5.74, 6) is -0.330. The fourth-order valence-electron chi connectivity index (χ4n) is 7.76. The second-order valence-electron chi connectivity index (χ2n) is 18.3. The van der Waals surface area contributed by atoms with Crippen molar-refractivity contribution in [2.75, 3.05) is 26.4 Å². The lowest BCUT2D eigenvalue weighted by atomic mass is 9.99. The van der Waals surface area contributed by atoms with Crippen molar-refractivity contribution < 1.29 is 44.2 Å². The zero-order valence-electron chi connectivity index (χ0n) is 43.1. The summed E-state index contributed by atoms with van der Waals surface area (Å²) in [6, 6.07) is 0. The Labute approximate surface area is 415 Å². The highest BCUT2D eigenvalue weighted by Crippen LogP contribution is 2.23. The quantitative estimate of drug-likeness (QED) is 0.0267. The zero-order chi connectivity index (χ0) is 49.2. The summed E-state index contributed by atoms with van der Waals surface area (Å²) in [6.07, 6.45) is 61.6. The first kappa shape index (κ1) is 63.1. The van der Waals surface area contributed by atoms with Crippen LogP contribution in [0.1, 0.15) is 206 Å². The van der Waals surface area contributed by atoms with Gasteiger partial charge in [-0.1, -0.05) is 201 Å². The summed E-state index contributed by atoms with van der Waals surface area (Å²) >= 11 is 0. The topological polar surface area (TPSA) is 135 Å². The molecule has 0 radical (unpaired) electrons. The number of esters is 1. The Morgan fingerprint density at radius 2 is 0.897 bits per heavy atom. The molecule has 0 aromatic carbocycles. The van der Waals surface area contributed by atoms with E-state index in [0.717, 1.165) is 89.9 Å². The summed E-state index contributed by atoms with van der Waals surface area (Å²) in [6.45, 7) is 4.35. The molecule has 9 heteroatoms. The van der Waals surface area contributed by atoms with E-state index in [1.165, 1.54) is 96.3 Å². The average molecular weight is 953 g/mol. The highest BCUT2D eigenvalue weighted by molar-refractivity contribution is 5.69. The lowest BCUT2D eigenvalue weighted by Gasteiger charge is -2.39. The van der Waals surface area contributed by atoms with Gasteiger partial charge in [0.2, 0.25) is 0 Å². The molecular formula is C59H100O9. The number of allylic oxidation sites excluding steroid dienone is 16. The molecule has 4 N–H and O–H groups in total. The fraction of sp³-hybridized carbons (Fsp3) is 0.712. The van der Waals surface area contributed by atoms with E-state index in [-0.39, 0.29) is 19.2 Å². The summed E-state index contributed by atoms with van der Waals surface area (Å²) in [4.78, 5) is 12.9. The molecule has 1 rings (SSSR count). The monoisotopic (exact) mass is 953 g/mol. The zero-order valence-corrected chi connectivity index (χ0v) is 43.1. The molecule has 1 heterocycles. The van der Waals surface area contributed by atoms with E-state index in [1.807, 2.05) is 0 Å². The molecule has 9 nitrogen and oxygen atoms in total. The number of carbonyl (C=O) groups is 1. The number of aliphatic hydroxyl groups excluding tert-OH is 4. The molecule has 0 amide bonds. The van der Waals surface area contributed by atoms with E-state index < -0.39 is 43.4 Å². The molecule has 0 aromatic heterocycles. The van der Waals surface area contributed by atoms with Crippen molar-refractivity contribution in [3.63, 3.8) is 0 Å². The van der Waals surface area contributed by atoms with Gasteiger partial charge >= 0.3 is 5.97 Å². The van der Waals surface area contributed by atoms with Gasteiger partial charge in [0, 0.05) is 13.0 Å². The Hall–Kier alpha value is -2.89. The molecule has 0 spiro atoms. The van der Waals surface area contributed by atoms with Crippen molar-refractivity contribution in [2.45, 2.75) is 243 Å². The van der Waals surface area contributed by atoms with Crippen LogP contribution in [0.15, 0.2) is 97.2 Å². The fourth-order valence-corrected chi connectivity index (χ4v) is 7.76. The van der Waals surface area contributed by atoms with E-state index >= 15 is 0 Å². The second-order valence-corrected chi connectivity index (χ2v) is 18.3. The van der Waals surface area contributed by atoms with Gasteiger partial charge in [0.25, 0.3) is 0 Å². The number of carbonyl (C=O) groups excluding carboxylic acids is 1. The van der Waals surface area contributed by atoms with Gasteiger partial charge in [-0.25, -0.2) is 0 Å². The first-order valence-electron chi connectivity index (χ1n) is 27.3. The van der Waals surface area contributed by atoms with E-state index in [9.17, 15) is 25.2 Å². The normalized spacial score (nSPS) is 19.9. The standard InChI is InChI=1S/C59H100O9/c1-3-5-7-9-11-13-15-17-19-21-23-25-27-28-30-32-34-36-38-40-42-44-46-48-55(61)67-53(52-66-59-58(64)57(63)56(62)54(50-60)68-59)51-65-49-47-45-43-41-39-37-35-33-31-29-26-24-22-20-18-16-14-12-10-8-6-4-2/h6,8,12,14-15,17-18,20-21,23-24,26,31,33,37,39,53-54,56-60,62-64H,3-5,7,9-11,13,16,19,22,25,27-30,32,34-36,38,40-52H2,1-2H3/b8-6-,14-12-,17-15-,20-18-,23-21-,26-24-,33-31-,39-37-. The van der Waals surface area contributed by atoms with E-state index in [4.69, 9.17) is 18.9 Å². The van der Waals surface area contributed by atoms with Crippen molar-refractivity contribution in [2.24, 2.45) is 0 Å². The molecule has 6 atom stereocenters. The molecule has 1 saturated heterocycles. The molecular weight excluding hydrogens is 853 g/mol. The molecule has 0 aromatic rings. The Bertz CT molecular complexity index is 1360. The summed E-state index contributed by atoms with van der Waals surface area (Å²) in [5, 5.41) is 40.3. The molecule has 390 valence electrons. The van der Waals surface area contributed by atoms with Crippen LogP contribution in [0.4, 0.5) is 0 Å². The third-order valence-corrected chi connectivity index (χ3v) is 12.0. The van der Waals surface area contributed by atoms with Gasteiger partial charge in [0.1, 0.15) is 30.5 Å². The van der Waals surface area contributed by atoms with Crippen molar-refractivity contribution in [1.82, 2.24) is 0 Å². The van der Waals surface area contributed by atoms with Crippen molar-refractivity contribution in [3.8, 4) is 0 Å². The van der Waals surface area contributed by atoms with Crippen LogP contribution in [0.25, 0.3) is 0 Å². The maximum atomic E-state index is 12.9. The van der Waals surface area contributed by atoms with Crippen LogP contribution in [0.5, 0.6) is 0 Å². The number of hydrogen-bond acceptors (Lipinski definition) is 9. The number of hydrogen-bond donors (Lipinski definition) is 4. The van der Waals surface area contributed by atoms with Gasteiger partial charge in [0.05, 0.1) is 19.8 Å². The SMILES string of the molecule is CC/C=C\C/C=C\C/C=C\C/C=C\C/C=C\C/C=C\CCCCCOCC(COC1OC(CO)C(O)C(O)C1O)OC(=O)CCCCCCCCCCCCC/C=C\C/C=C\CCCCCCC. The maximum absolute atomic E-state index is 12.9. The molecule has 0 saturated carbocycles. The maximum Gasteiger partial charge on any atom is 0.306 e. The molecule has 68 heavy (non-hydrogen) atoms. The summed E-state index contributed by atoms with van der Waals surface area (Å²) < 4.78 is 22.9. The molecule has 1 aliphatic heterocycles. The van der Waals surface area contributed by atoms with E-state index in [1.54, 1.807) is 0 Å². The molecule has 1 aliphatic rings. The Morgan fingerprint density at radius 3 is 1.35 bits per heavy atom. The highest BCUT2D eigenvalue weighted by atomic mass is 16.7. The van der Waals surface area contributed by atoms with Crippen molar-refractivity contribution in [1.29, 1.82) is 0 Å². The number of rotatable bonds is 46. The molecule has 1 fully saturated rings. The van der Waals surface area contributed by atoms with Gasteiger partial charge in [-0.15, -0.1) is 0 Å². The minimum absolute atomic E-state index is 0.116. The molecule has 0 bridgehead atoms. The van der Waals surface area contributed by atoms with Crippen LogP contribution in [0, 0.1) is 0 Å². The predicted octanol–water partition coefficient (Wildman–Crippen LogP) is 13.9. The van der Waals surface area contributed by atoms with Crippen LogP contribution in [0.3, 0.4) is 0 Å². The van der Waals surface area contributed by atoms with Gasteiger partial charge in [-0.3, -0.25) is 4.79 Å². The van der Waals surface area contributed by atoms with Crippen molar-refractivity contribution >= 4 is 5.97 Å². The van der Waals surface area contributed by atoms with Gasteiger partial charge in [-0.2, -0.15) is 0 Å². The molecule has 0 aliphatic carbocycles. The first-order chi connectivity index (χ1) is 33.4. The number of ether oxygens (including phenoxy) is 4. The predicted molar refractivity (Wildman–Crippen MR) is 283 cm³/mol. The summed E-state index contributed by atoms with van der Waals surface area (Å²) in [5.41, 5.74) is 0. The van der Waals surface area contributed by atoms with Gasteiger partial charge in [0.15, 0.2) is 6.29 Å². The number of unbranched alkanes of at least 4 members (excludes halogenated alkanes) is 19. The van der Waals surface area contributed by atoms with E-state index in [2.05, 4.69) is 111 Å². The van der Waals surface area contributed by atoms with Crippen LogP contribution in [-0.2, 0) is 23.7 Å². The Balaban J connectivity index is 2.23. The van der Waals surface area contributed by atoms with Gasteiger partial charge < -0.3 is 39.4 Å². The van der Waals surface area contributed by atoms with Crippen LogP contribution in [-0.4, -0.2) is 89.6 Å². The van der Waals surface area contributed by atoms with Crippen LogP contribution in [0.2, 0.25) is 0 Å². The lowest BCUT2D eigenvalue weighted by Crippen LogP contribution is -2.59.